The quantitative estimate of drug-likeness (QED) is 0.150. The molecule has 0 N–H and O–H groups in total. The molecule has 0 radical (unpaired) electrons. The van der Waals surface area contributed by atoms with E-state index in [4.69, 9.17) is 4.74 Å². The van der Waals surface area contributed by atoms with Crippen LogP contribution in [0.15, 0.2) is 69.6 Å². The largest absolute Gasteiger partial charge is 0.487 e. The number of nitrogens with zero attached hydrogens (tertiary/aromatic N) is 2. The summed E-state index contributed by atoms with van der Waals surface area (Å²) in [5, 5.41) is 20.3. The first kappa shape index (κ1) is 21.7. The van der Waals surface area contributed by atoms with Crippen LogP contribution in [0.3, 0.4) is 0 Å². The van der Waals surface area contributed by atoms with Crippen LogP contribution in [-0.2, 0) is 6.61 Å². The van der Waals surface area contributed by atoms with Crippen molar-refractivity contribution in [3.63, 3.8) is 0 Å². The van der Waals surface area contributed by atoms with E-state index >= 15 is 0 Å². The maximum Gasteiger partial charge on any atom is 0.269 e. The average molecular weight is 532 g/mol. The summed E-state index contributed by atoms with van der Waals surface area (Å²) >= 11 is 6.95. The molecule has 0 aliphatic carbocycles. The molecule has 0 aliphatic heterocycles. The minimum absolute atomic E-state index is 0.0378. The fourth-order valence-electron chi connectivity index (χ4n) is 2.65. The van der Waals surface area contributed by atoms with E-state index in [1.54, 1.807) is 30.3 Å². The predicted molar refractivity (Wildman–Crippen MR) is 119 cm³/mol. The highest BCUT2D eigenvalue weighted by Gasteiger charge is 2.11. The molecule has 0 fully saturated rings. The van der Waals surface area contributed by atoms with Crippen molar-refractivity contribution in [2.45, 2.75) is 6.61 Å². The molecule has 150 valence electrons. The molecule has 3 aromatic rings. The fourth-order valence-corrected chi connectivity index (χ4v) is 4.10. The van der Waals surface area contributed by atoms with E-state index in [1.165, 1.54) is 36.4 Å². The van der Waals surface area contributed by atoms with Gasteiger partial charge in [0.05, 0.1) is 25.5 Å². The van der Waals surface area contributed by atoms with Gasteiger partial charge in [-0.2, -0.15) is 5.26 Å². The molecule has 5 nitrogen and oxygen atoms in total. The van der Waals surface area contributed by atoms with Crippen molar-refractivity contribution in [2.75, 3.05) is 0 Å². The number of ether oxygens (including phenoxy) is 1. The molecule has 0 bridgehead atoms. The van der Waals surface area contributed by atoms with E-state index in [-0.39, 0.29) is 18.1 Å². The van der Waals surface area contributed by atoms with Gasteiger partial charge in [-0.3, -0.25) is 10.1 Å². The lowest BCUT2D eigenvalue weighted by Crippen LogP contribution is -1.97. The van der Waals surface area contributed by atoms with Crippen molar-refractivity contribution in [1.82, 2.24) is 0 Å². The smallest absolute Gasteiger partial charge is 0.269 e. The Bertz CT molecular complexity index is 1130. The summed E-state index contributed by atoms with van der Waals surface area (Å²) in [6, 6.07) is 17.6. The van der Waals surface area contributed by atoms with Gasteiger partial charge >= 0.3 is 0 Å². The van der Waals surface area contributed by atoms with Gasteiger partial charge in [-0.25, -0.2) is 4.39 Å². The Balaban J connectivity index is 1.83. The Kier molecular flexibility index (Phi) is 6.98. The van der Waals surface area contributed by atoms with Crippen molar-refractivity contribution >= 4 is 49.2 Å². The fraction of sp³-hybridized carbons (Fsp3) is 0.0455. The molecule has 0 aliphatic rings. The minimum atomic E-state index is -0.488. The van der Waals surface area contributed by atoms with Crippen LogP contribution in [0, 0.1) is 27.3 Å². The van der Waals surface area contributed by atoms with Crippen LogP contribution in [0.5, 0.6) is 5.75 Å². The second-order valence-electron chi connectivity index (χ2n) is 6.20. The van der Waals surface area contributed by atoms with Crippen LogP contribution in [0.4, 0.5) is 10.1 Å². The molecular weight excluding hydrogens is 519 g/mol. The Labute approximate surface area is 188 Å². The molecule has 3 aromatic carbocycles. The Hall–Kier alpha value is -3.02. The lowest BCUT2D eigenvalue weighted by molar-refractivity contribution is -0.384. The summed E-state index contributed by atoms with van der Waals surface area (Å²) in [5.74, 6) is 0.267. The number of nitro benzene ring substituents is 1. The van der Waals surface area contributed by atoms with Crippen molar-refractivity contribution in [2.24, 2.45) is 0 Å². The second-order valence-corrected chi connectivity index (χ2v) is 7.91. The number of halogens is 3. The van der Waals surface area contributed by atoms with Gasteiger partial charge in [-0.15, -0.1) is 0 Å². The lowest BCUT2D eigenvalue weighted by atomic mass is 10.0. The van der Waals surface area contributed by atoms with E-state index in [0.717, 1.165) is 11.1 Å². The van der Waals surface area contributed by atoms with Gasteiger partial charge in [0.15, 0.2) is 0 Å². The monoisotopic (exact) mass is 530 g/mol. The zero-order chi connectivity index (χ0) is 21.7. The average Bonchev–Trinajstić information content (AvgIpc) is 2.73. The normalized spacial score (nSPS) is 11.1. The first-order chi connectivity index (χ1) is 14.4. The van der Waals surface area contributed by atoms with Gasteiger partial charge in [0.1, 0.15) is 18.2 Å². The first-order valence-electron chi connectivity index (χ1n) is 8.60. The van der Waals surface area contributed by atoms with Gasteiger partial charge in [0.2, 0.25) is 0 Å². The highest BCUT2D eigenvalue weighted by molar-refractivity contribution is 9.11. The van der Waals surface area contributed by atoms with E-state index in [2.05, 4.69) is 37.9 Å². The summed E-state index contributed by atoms with van der Waals surface area (Å²) in [7, 11) is 0. The van der Waals surface area contributed by atoms with Crippen molar-refractivity contribution in [3.8, 4) is 11.8 Å². The highest BCUT2D eigenvalue weighted by atomic mass is 79.9. The van der Waals surface area contributed by atoms with Crippen molar-refractivity contribution < 1.29 is 14.1 Å². The Morgan fingerprint density at radius 3 is 2.23 bits per heavy atom. The first-order valence-corrected chi connectivity index (χ1v) is 10.2. The number of benzene rings is 3. The molecule has 0 atom stereocenters. The van der Waals surface area contributed by atoms with Gasteiger partial charge in [0, 0.05) is 12.1 Å². The van der Waals surface area contributed by atoms with Gasteiger partial charge < -0.3 is 4.74 Å². The third-order valence-electron chi connectivity index (χ3n) is 4.14. The number of non-ortho nitro benzene ring substituents is 1. The minimum Gasteiger partial charge on any atom is -0.487 e. The maximum atomic E-state index is 13.0. The number of rotatable bonds is 6. The summed E-state index contributed by atoms with van der Waals surface area (Å²) in [4.78, 5) is 10.3. The maximum absolute atomic E-state index is 13.0. The zero-order valence-electron chi connectivity index (χ0n) is 15.3. The molecule has 0 aromatic heterocycles. The topological polar surface area (TPSA) is 76.2 Å². The highest BCUT2D eigenvalue weighted by Crippen LogP contribution is 2.36. The molecule has 8 heteroatoms. The molecular formula is C22H13Br2FN2O3. The molecule has 0 unspecified atom stereocenters. The number of nitro groups is 1. The number of nitriles is 1. The summed E-state index contributed by atoms with van der Waals surface area (Å²) in [5.41, 5.74) is 2.46. The van der Waals surface area contributed by atoms with Crippen LogP contribution in [0.25, 0.3) is 11.6 Å². The SMILES string of the molecule is N#C/C(=C\c1cc(Br)c(OCc2ccc(F)cc2)c(Br)c1)c1ccc([N+](=O)[O-])cc1. The van der Waals surface area contributed by atoms with Gasteiger partial charge in [-0.05, 0) is 91.0 Å². The molecule has 0 amide bonds. The lowest BCUT2D eigenvalue weighted by Gasteiger charge is -2.12. The van der Waals surface area contributed by atoms with E-state index in [1.807, 2.05) is 0 Å². The third-order valence-corrected chi connectivity index (χ3v) is 5.32. The summed E-state index contributed by atoms with van der Waals surface area (Å²) < 4.78 is 20.2. The van der Waals surface area contributed by atoms with Crippen molar-refractivity contribution in [3.05, 3.63) is 102 Å². The van der Waals surface area contributed by atoms with Crippen molar-refractivity contribution in [1.29, 1.82) is 5.26 Å². The molecule has 30 heavy (non-hydrogen) atoms. The Morgan fingerprint density at radius 2 is 1.70 bits per heavy atom. The molecule has 0 heterocycles. The number of hydrogen-bond donors (Lipinski definition) is 0. The zero-order valence-corrected chi connectivity index (χ0v) is 18.5. The Morgan fingerprint density at radius 1 is 1.10 bits per heavy atom. The van der Waals surface area contributed by atoms with Gasteiger partial charge in [-0.1, -0.05) is 12.1 Å². The second kappa shape index (κ2) is 9.65. The predicted octanol–water partition coefficient (Wildman–Crippen LogP) is 6.90. The molecule has 0 spiro atoms. The van der Waals surface area contributed by atoms with E-state index < -0.39 is 4.92 Å². The molecule has 0 saturated heterocycles. The molecule has 3 rings (SSSR count). The summed E-state index contributed by atoms with van der Waals surface area (Å²) in [6.45, 7) is 0.263. The van der Waals surface area contributed by atoms with Gasteiger partial charge in [0.25, 0.3) is 5.69 Å². The molecule has 0 saturated carbocycles. The number of hydrogen-bond acceptors (Lipinski definition) is 4. The van der Waals surface area contributed by atoms with E-state index in [0.29, 0.717) is 25.8 Å². The third kappa shape index (κ3) is 5.32. The van der Waals surface area contributed by atoms with Crippen LogP contribution >= 0.6 is 31.9 Å². The number of allylic oxidation sites excluding steroid dienone is 1. The summed E-state index contributed by atoms with van der Waals surface area (Å²) in [6.07, 6.45) is 1.68. The van der Waals surface area contributed by atoms with Crippen LogP contribution < -0.4 is 4.74 Å². The van der Waals surface area contributed by atoms with Crippen LogP contribution in [0.1, 0.15) is 16.7 Å². The van der Waals surface area contributed by atoms with E-state index in [9.17, 15) is 19.8 Å². The van der Waals surface area contributed by atoms with Crippen LogP contribution in [-0.4, -0.2) is 4.92 Å². The standard InChI is InChI=1S/C22H13Br2FN2O3/c23-20-10-15(9-17(12-26)16-3-7-19(8-4-16)27(28)29)11-21(24)22(20)30-13-14-1-5-18(25)6-2-14/h1-11H,13H2/b17-9+. The van der Waals surface area contributed by atoms with Crippen LogP contribution in [0.2, 0.25) is 0 Å².